The zero-order valence-corrected chi connectivity index (χ0v) is 14.4. The summed E-state index contributed by atoms with van der Waals surface area (Å²) >= 11 is 1.59. The molecular formula is C18H19N3O3S. The molecule has 0 aliphatic carbocycles. The Balaban J connectivity index is 1.90. The average molecular weight is 357 g/mol. The number of hydrogen-bond acceptors (Lipinski definition) is 5. The highest BCUT2D eigenvalue weighted by atomic mass is 32.2. The lowest BCUT2D eigenvalue weighted by Crippen LogP contribution is -2.17. The highest BCUT2D eigenvalue weighted by Gasteiger charge is 2.12. The number of nitro benzene ring substituents is 1. The zero-order valence-electron chi connectivity index (χ0n) is 13.6. The number of thioether (sulfide) groups is 1. The van der Waals surface area contributed by atoms with Crippen molar-refractivity contribution in [2.45, 2.75) is 11.3 Å². The number of para-hydroxylation sites is 3. The molecule has 2 aromatic carbocycles. The van der Waals surface area contributed by atoms with Gasteiger partial charge in [-0.15, -0.1) is 18.3 Å². The third kappa shape index (κ3) is 5.65. The number of benzene rings is 2. The van der Waals surface area contributed by atoms with Gasteiger partial charge in [-0.05, 0) is 18.2 Å². The molecule has 1 amide bonds. The quantitative estimate of drug-likeness (QED) is 0.302. The molecule has 2 N–H and O–H groups in total. The van der Waals surface area contributed by atoms with Crippen molar-refractivity contribution >= 4 is 34.7 Å². The van der Waals surface area contributed by atoms with Crippen LogP contribution >= 0.6 is 11.8 Å². The third-order valence-electron chi connectivity index (χ3n) is 3.29. The summed E-state index contributed by atoms with van der Waals surface area (Å²) in [4.78, 5) is 23.6. The Morgan fingerprint density at radius 2 is 1.84 bits per heavy atom. The van der Waals surface area contributed by atoms with Crippen LogP contribution in [0.5, 0.6) is 0 Å². The van der Waals surface area contributed by atoms with E-state index >= 15 is 0 Å². The fraction of sp³-hybridized carbons (Fsp3) is 0.167. The summed E-state index contributed by atoms with van der Waals surface area (Å²) in [5.74, 6) is 0.601. The molecule has 0 atom stereocenters. The Labute approximate surface area is 150 Å². The van der Waals surface area contributed by atoms with E-state index in [-0.39, 0.29) is 18.0 Å². The largest absolute Gasteiger partial charge is 0.379 e. The van der Waals surface area contributed by atoms with Crippen molar-refractivity contribution in [3.05, 3.63) is 71.3 Å². The van der Waals surface area contributed by atoms with Crippen molar-refractivity contribution in [1.29, 1.82) is 0 Å². The number of carbonyl (C=O) groups excluding carboxylic acids is 1. The van der Waals surface area contributed by atoms with E-state index in [1.165, 1.54) is 6.07 Å². The molecule has 0 unspecified atom stereocenters. The van der Waals surface area contributed by atoms with E-state index < -0.39 is 4.92 Å². The Bertz CT molecular complexity index is 765. The van der Waals surface area contributed by atoms with Crippen LogP contribution in [-0.4, -0.2) is 23.1 Å². The van der Waals surface area contributed by atoms with Crippen LogP contribution in [0.15, 0.2) is 66.1 Å². The summed E-state index contributed by atoms with van der Waals surface area (Å²) in [6.45, 7) is 3.99. The van der Waals surface area contributed by atoms with E-state index in [0.29, 0.717) is 12.2 Å². The van der Waals surface area contributed by atoms with E-state index in [2.05, 4.69) is 17.2 Å². The van der Waals surface area contributed by atoms with Crippen molar-refractivity contribution in [1.82, 2.24) is 0 Å². The zero-order chi connectivity index (χ0) is 18.1. The lowest BCUT2D eigenvalue weighted by atomic mass is 10.2. The van der Waals surface area contributed by atoms with Crippen molar-refractivity contribution in [3.8, 4) is 0 Å². The number of rotatable bonds is 9. The molecule has 2 aromatic rings. The lowest BCUT2D eigenvalue weighted by molar-refractivity contribution is -0.384. The van der Waals surface area contributed by atoms with Crippen LogP contribution in [0.1, 0.15) is 6.42 Å². The SMILES string of the molecule is C=CCSc1ccccc1NC(=O)CCNc1ccccc1[N+](=O)[O-]. The van der Waals surface area contributed by atoms with Gasteiger partial charge in [0, 0.05) is 29.7 Å². The van der Waals surface area contributed by atoms with Gasteiger partial charge in [0.15, 0.2) is 0 Å². The molecule has 25 heavy (non-hydrogen) atoms. The minimum atomic E-state index is -0.449. The van der Waals surface area contributed by atoms with Crippen LogP contribution in [0.4, 0.5) is 17.1 Å². The molecule has 0 aliphatic heterocycles. The molecule has 7 heteroatoms. The molecule has 0 radical (unpaired) electrons. The topological polar surface area (TPSA) is 84.3 Å². The van der Waals surface area contributed by atoms with Gasteiger partial charge in [0.05, 0.1) is 10.6 Å². The Morgan fingerprint density at radius 1 is 1.16 bits per heavy atom. The standard InChI is InChI=1S/C18H19N3O3S/c1-2-13-25-17-10-6-4-8-15(17)20-18(22)11-12-19-14-7-3-5-9-16(14)21(23)24/h2-10,19H,1,11-13H2,(H,20,22). The molecule has 0 aliphatic rings. The van der Waals surface area contributed by atoms with E-state index in [1.54, 1.807) is 36.0 Å². The highest BCUT2D eigenvalue weighted by molar-refractivity contribution is 7.99. The van der Waals surface area contributed by atoms with Gasteiger partial charge < -0.3 is 10.6 Å². The van der Waals surface area contributed by atoms with Crippen molar-refractivity contribution in [3.63, 3.8) is 0 Å². The summed E-state index contributed by atoms with van der Waals surface area (Å²) < 4.78 is 0. The van der Waals surface area contributed by atoms with E-state index in [0.717, 1.165) is 16.3 Å². The minimum absolute atomic E-state index is 0.00548. The first kappa shape index (κ1) is 18.5. The molecule has 0 aromatic heterocycles. The van der Waals surface area contributed by atoms with Gasteiger partial charge in [0.2, 0.25) is 5.91 Å². The van der Waals surface area contributed by atoms with Crippen LogP contribution in [0.25, 0.3) is 0 Å². The van der Waals surface area contributed by atoms with Crippen molar-refractivity contribution in [2.75, 3.05) is 22.9 Å². The molecule has 6 nitrogen and oxygen atoms in total. The number of carbonyl (C=O) groups is 1. The van der Waals surface area contributed by atoms with Gasteiger partial charge in [0.1, 0.15) is 5.69 Å². The summed E-state index contributed by atoms with van der Waals surface area (Å²) in [7, 11) is 0. The number of nitrogens with zero attached hydrogens (tertiary/aromatic N) is 1. The van der Waals surface area contributed by atoms with Gasteiger partial charge in [-0.25, -0.2) is 0 Å². The highest BCUT2D eigenvalue weighted by Crippen LogP contribution is 2.27. The van der Waals surface area contributed by atoms with E-state index in [1.807, 2.05) is 24.3 Å². The molecule has 0 bridgehead atoms. The van der Waals surface area contributed by atoms with Gasteiger partial charge in [0.25, 0.3) is 5.69 Å². The van der Waals surface area contributed by atoms with E-state index in [9.17, 15) is 14.9 Å². The second kappa shape index (κ2) is 9.48. The lowest BCUT2D eigenvalue weighted by Gasteiger charge is -2.11. The molecule has 0 saturated heterocycles. The molecule has 0 fully saturated rings. The number of anilines is 2. The van der Waals surface area contributed by atoms with Gasteiger partial charge in [-0.2, -0.15) is 0 Å². The molecule has 0 spiro atoms. The summed E-state index contributed by atoms with van der Waals surface area (Å²) in [6, 6.07) is 13.9. The molecule has 2 rings (SSSR count). The maximum Gasteiger partial charge on any atom is 0.292 e. The minimum Gasteiger partial charge on any atom is -0.379 e. The van der Waals surface area contributed by atoms with Gasteiger partial charge in [-0.1, -0.05) is 30.3 Å². The number of hydrogen-bond donors (Lipinski definition) is 2. The van der Waals surface area contributed by atoms with Crippen molar-refractivity contribution in [2.24, 2.45) is 0 Å². The maximum absolute atomic E-state index is 12.1. The maximum atomic E-state index is 12.1. The first-order valence-corrected chi connectivity index (χ1v) is 8.70. The molecule has 130 valence electrons. The third-order valence-corrected chi connectivity index (χ3v) is 4.36. The van der Waals surface area contributed by atoms with E-state index in [4.69, 9.17) is 0 Å². The summed E-state index contributed by atoms with van der Waals surface area (Å²) in [5, 5.41) is 16.8. The monoisotopic (exact) mass is 357 g/mol. The van der Waals surface area contributed by atoms with Crippen LogP contribution in [-0.2, 0) is 4.79 Å². The van der Waals surface area contributed by atoms with Gasteiger partial charge in [-0.3, -0.25) is 14.9 Å². The van der Waals surface area contributed by atoms with Crippen LogP contribution in [0, 0.1) is 10.1 Å². The second-order valence-corrected chi connectivity index (χ2v) is 6.16. The first-order valence-electron chi connectivity index (χ1n) is 7.71. The Hall–Kier alpha value is -2.80. The molecule has 0 heterocycles. The molecule has 0 saturated carbocycles. The number of nitrogens with one attached hydrogen (secondary N) is 2. The number of amides is 1. The summed E-state index contributed by atoms with van der Waals surface area (Å²) in [6.07, 6.45) is 2.01. The predicted octanol–water partition coefficient (Wildman–Crippen LogP) is 4.31. The second-order valence-electron chi connectivity index (χ2n) is 5.10. The van der Waals surface area contributed by atoms with Crippen LogP contribution in [0.2, 0.25) is 0 Å². The summed E-state index contributed by atoms with van der Waals surface area (Å²) in [5.41, 5.74) is 1.15. The van der Waals surface area contributed by atoms with Crippen LogP contribution in [0.3, 0.4) is 0 Å². The Kier molecular flexibility index (Phi) is 7.03. The normalized spacial score (nSPS) is 10.1. The van der Waals surface area contributed by atoms with Crippen LogP contribution < -0.4 is 10.6 Å². The number of nitro groups is 1. The predicted molar refractivity (Wildman–Crippen MR) is 102 cm³/mol. The molecular weight excluding hydrogens is 338 g/mol. The fourth-order valence-corrected chi connectivity index (χ4v) is 2.90. The fourth-order valence-electron chi connectivity index (χ4n) is 2.15. The average Bonchev–Trinajstić information content (AvgIpc) is 2.61. The van der Waals surface area contributed by atoms with Crippen molar-refractivity contribution < 1.29 is 9.72 Å². The van der Waals surface area contributed by atoms with Gasteiger partial charge >= 0.3 is 0 Å². The Morgan fingerprint density at radius 3 is 2.56 bits per heavy atom. The smallest absolute Gasteiger partial charge is 0.292 e. The first-order chi connectivity index (χ1) is 12.1.